The van der Waals surface area contributed by atoms with Gasteiger partial charge in [0.15, 0.2) is 0 Å². The topological polar surface area (TPSA) is 52.0 Å². The van der Waals surface area contributed by atoms with Gasteiger partial charge in [0.2, 0.25) is 5.89 Å². The highest BCUT2D eigenvalue weighted by Crippen LogP contribution is 2.20. The molecule has 1 unspecified atom stereocenters. The third kappa shape index (κ3) is 3.35. The fourth-order valence-electron chi connectivity index (χ4n) is 1.13. The molecule has 0 saturated heterocycles. The Balaban J connectivity index is 2.38. The van der Waals surface area contributed by atoms with Crippen LogP contribution in [0.3, 0.4) is 0 Å². The van der Waals surface area contributed by atoms with Gasteiger partial charge in [0.25, 0.3) is 0 Å². The molecule has 0 aliphatic heterocycles. The molecule has 80 valence electrons. The average Bonchev–Trinajstić information content (AvgIpc) is 2.44. The second kappa shape index (κ2) is 5.41. The number of rotatable bonds is 5. The summed E-state index contributed by atoms with van der Waals surface area (Å²) >= 11 is 1.84. The zero-order valence-corrected chi connectivity index (χ0v) is 9.86. The second-order valence-electron chi connectivity index (χ2n) is 3.45. The number of hydrogen-bond donors (Lipinski definition) is 1. The van der Waals surface area contributed by atoms with Crippen molar-refractivity contribution in [3.05, 3.63) is 17.3 Å². The molecule has 14 heavy (non-hydrogen) atoms. The summed E-state index contributed by atoms with van der Waals surface area (Å²) in [5.41, 5.74) is 6.47. The van der Waals surface area contributed by atoms with Gasteiger partial charge in [0.1, 0.15) is 5.76 Å². The fraction of sp³-hybridized carbons (Fsp3) is 0.700. The van der Waals surface area contributed by atoms with E-state index in [1.807, 2.05) is 25.6 Å². The minimum absolute atomic E-state index is 0.576. The van der Waals surface area contributed by atoms with Crippen molar-refractivity contribution in [2.75, 3.05) is 6.54 Å². The molecule has 0 aliphatic carbocycles. The summed E-state index contributed by atoms with van der Waals surface area (Å²) in [7, 11) is 0. The molecule has 1 rings (SSSR count). The van der Waals surface area contributed by atoms with Crippen LogP contribution in [0.5, 0.6) is 0 Å². The first-order chi connectivity index (χ1) is 6.63. The summed E-state index contributed by atoms with van der Waals surface area (Å²) < 4.78 is 5.48. The molecule has 0 aromatic carbocycles. The maximum Gasteiger partial charge on any atom is 0.204 e. The third-order valence-electron chi connectivity index (χ3n) is 2.14. The van der Waals surface area contributed by atoms with Crippen LogP contribution in [0.4, 0.5) is 0 Å². The van der Waals surface area contributed by atoms with E-state index in [1.165, 1.54) is 0 Å². The molecular formula is C10H18N2OS. The molecule has 1 heterocycles. The van der Waals surface area contributed by atoms with E-state index in [2.05, 4.69) is 11.9 Å². The van der Waals surface area contributed by atoms with E-state index in [0.717, 1.165) is 36.1 Å². The summed E-state index contributed by atoms with van der Waals surface area (Å²) in [5.74, 6) is 2.59. The Morgan fingerprint density at radius 2 is 2.21 bits per heavy atom. The Labute approximate surface area is 89.5 Å². The van der Waals surface area contributed by atoms with Crippen LogP contribution >= 0.6 is 11.8 Å². The molecule has 1 atom stereocenters. The molecule has 0 amide bonds. The van der Waals surface area contributed by atoms with Crippen LogP contribution in [0, 0.1) is 13.8 Å². The number of hydrogen-bond acceptors (Lipinski definition) is 4. The summed E-state index contributed by atoms with van der Waals surface area (Å²) in [4.78, 5) is 4.32. The van der Waals surface area contributed by atoms with Crippen molar-refractivity contribution in [1.29, 1.82) is 0 Å². The predicted molar refractivity (Wildman–Crippen MR) is 60.4 cm³/mol. The number of aryl methyl sites for hydroxylation is 2. The first kappa shape index (κ1) is 11.6. The Kier molecular flexibility index (Phi) is 4.48. The number of nitrogens with two attached hydrogens (primary N) is 1. The second-order valence-corrected chi connectivity index (χ2v) is 4.87. The van der Waals surface area contributed by atoms with Crippen molar-refractivity contribution in [2.45, 2.75) is 38.2 Å². The molecule has 0 spiro atoms. The van der Waals surface area contributed by atoms with Crippen LogP contribution in [0.25, 0.3) is 0 Å². The van der Waals surface area contributed by atoms with Gasteiger partial charge in [0, 0.05) is 5.25 Å². The van der Waals surface area contributed by atoms with Crippen LogP contribution in [-0.4, -0.2) is 16.8 Å². The van der Waals surface area contributed by atoms with E-state index < -0.39 is 0 Å². The van der Waals surface area contributed by atoms with Gasteiger partial charge in [-0.3, -0.25) is 0 Å². The zero-order chi connectivity index (χ0) is 10.6. The van der Waals surface area contributed by atoms with Gasteiger partial charge in [-0.2, -0.15) is 0 Å². The number of oxazole rings is 1. The maximum atomic E-state index is 5.48. The van der Waals surface area contributed by atoms with Gasteiger partial charge in [-0.25, -0.2) is 4.98 Å². The van der Waals surface area contributed by atoms with Crippen LogP contribution in [0.2, 0.25) is 0 Å². The lowest BCUT2D eigenvalue weighted by Crippen LogP contribution is -2.07. The normalized spacial score (nSPS) is 13.1. The molecule has 2 N–H and O–H groups in total. The highest BCUT2D eigenvalue weighted by Gasteiger charge is 2.07. The highest BCUT2D eigenvalue weighted by atomic mass is 32.2. The average molecular weight is 214 g/mol. The summed E-state index contributed by atoms with van der Waals surface area (Å²) in [6.45, 7) is 6.84. The van der Waals surface area contributed by atoms with Gasteiger partial charge in [-0.15, -0.1) is 11.8 Å². The highest BCUT2D eigenvalue weighted by molar-refractivity contribution is 7.99. The van der Waals surface area contributed by atoms with Gasteiger partial charge in [-0.1, -0.05) is 6.92 Å². The van der Waals surface area contributed by atoms with E-state index in [4.69, 9.17) is 10.2 Å². The molecule has 0 bridgehead atoms. The van der Waals surface area contributed by atoms with Gasteiger partial charge in [0.05, 0.1) is 11.4 Å². The van der Waals surface area contributed by atoms with Gasteiger partial charge < -0.3 is 10.2 Å². The molecule has 1 aromatic rings. The van der Waals surface area contributed by atoms with Crippen LogP contribution in [0.1, 0.15) is 30.7 Å². The molecular weight excluding hydrogens is 196 g/mol. The summed E-state index contributed by atoms with van der Waals surface area (Å²) in [5, 5.41) is 0.576. The van der Waals surface area contributed by atoms with E-state index in [-0.39, 0.29) is 0 Å². The first-order valence-electron chi connectivity index (χ1n) is 4.88. The number of aromatic nitrogens is 1. The Bertz CT molecular complexity index is 266. The van der Waals surface area contributed by atoms with Crippen molar-refractivity contribution in [1.82, 2.24) is 4.98 Å². The van der Waals surface area contributed by atoms with Crippen molar-refractivity contribution >= 4 is 11.8 Å². The van der Waals surface area contributed by atoms with Crippen molar-refractivity contribution < 1.29 is 4.42 Å². The predicted octanol–water partition coefficient (Wildman–Crippen LogP) is 2.26. The van der Waals surface area contributed by atoms with Crippen molar-refractivity contribution in [2.24, 2.45) is 5.73 Å². The van der Waals surface area contributed by atoms with Crippen molar-refractivity contribution in [3.63, 3.8) is 0 Å². The minimum atomic E-state index is 0.576. The summed E-state index contributed by atoms with van der Waals surface area (Å²) in [6, 6.07) is 0. The van der Waals surface area contributed by atoms with Crippen LogP contribution in [-0.2, 0) is 5.75 Å². The largest absolute Gasteiger partial charge is 0.445 e. The van der Waals surface area contributed by atoms with Gasteiger partial charge in [-0.05, 0) is 26.8 Å². The standard InChI is InChI=1S/C10H18N2OS/c1-7(4-5-11)14-6-10-12-8(2)9(3)13-10/h7H,4-6,11H2,1-3H3. The molecule has 0 fully saturated rings. The Morgan fingerprint density at radius 3 is 2.71 bits per heavy atom. The van der Waals surface area contributed by atoms with Crippen LogP contribution in [0.15, 0.2) is 4.42 Å². The van der Waals surface area contributed by atoms with Crippen LogP contribution < -0.4 is 5.73 Å². The lowest BCUT2D eigenvalue weighted by Gasteiger charge is -2.06. The Morgan fingerprint density at radius 1 is 1.50 bits per heavy atom. The minimum Gasteiger partial charge on any atom is -0.445 e. The van der Waals surface area contributed by atoms with Gasteiger partial charge >= 0.3 is 0 Å². The van der Waals surface area contributed by atoms with Crippen molar-refractivity contribution in [3.8, 4) is 0 Å². The molecule has 0 aliphatic rings. The molecule has 4 heteroatoms. The SMILES string of the molecule is Cc1nc(CSC(C)CCN)oc1C. The number of thioether (sulfide) groups is 1. The molecule has 0 saturated carbocycles. The Hall–Kier alpha value is -0.480. The lowest BCUT2D eigenvalue weighted by atomic mass is 10.3. The third-order valence-corrected chi connectivity index (χ3v) is 3.36. The fourth-order valence-corrected chi connectivity index (χ4v) is 1.99. The molecule has 3 nitrogen and oxygen atoms in total. The lowest BCUT2D eigenvalue weighted by molar-refractivity contribution is 0.489. The van der Waals surface area contributed by atoms with E-state index in [9.17, 15) is 0 Å². The summed E-state index contributed by atoms with van der Waals surface area (Å²) in [6.07, 6.45) is 1.04. The van der Waals surface area contributed by atoms with E-state index in [1.54, 1.807) is 0 Å². The number of nitrogens with zero attached hydrogens (tertiary/aromatic N) is 1. The quantitative estimate of drug-likeness (QED) is 0.817. The molecule has 0 radical (unpaired) electrons. The molecule has 1 aromatic heterocycles. The van der Waals surface area contributed by atoms with E-state index in [0.29, 0.717) is 5.25 Å². The first-order valence-corrected chi connectivity index (χ1v) is 5.93. The smallest absolute Gasteiger partial charge is 0.204 e. The maximum absolute atomic E-state index is 5.48. The van der Waals surface area contributed by atoms with E-state index >= 15 is 0 Å². The monoisotopic (exact) mass is 214 g/mol. The zero-order valence-electron chi connectivity index (χ0n) is 9.04.